The molecule has 0 spiro atoms. The van der Waals surface area contributed by atoms with Crippen LogP contribution in [0.4, 0.5) is 0 Å². The van der Waals surface area contributed by atoms with Gasteiger partial charge in [-0.05, 0) is 26.8 Å². The molecule has 0 aliphatic heterocycles. The summed E-state index contributed by atoms with van der Waals surface area (Å²) in [4.78, 5) is 29.8. The van der Waals surface area contributed by atoms with Crippen LogP contribution in [0.2, 0.25) is 0 Å². The highest BCUT2D eigenvalue weighted by Gasteiger charge is 2.20. The van der Waals surface area contributed by atoms with Crippen molar-refractivity contribution in [3.05, 3.63) is 50.4 Å². The molecule has 0 bridgehead atoms. The molecule has 8 nitrogen and oxygen atoms in total. The Bertz CT molecular complexity index is 1090. The van der Waals surface area contributed by atoms with Crippen molar-refractivity contribution in [2.45, 2.75) is 27.3 Å². The van der Waals surface area contributed by atoms with Crippen molar-refractivity contribution in [2.75, 3.05) is 0 Å². The number of aromatic nitrogens is 6. The van der Waals surface area contributed by atoms with Gasteiger partial charge in [-0.1, -0.05) is 12.2 Å². The van der Waals surface area contributed by atoms with Crippen molar-refractivity contribution in [1.29, 1.82) is 0 Å². The molecule has 3 heterocycles. The topological polar surface area (TPSA) is 79.6 Å². The van der Waals surface area contributed by atoms with Crippen LogP contribution in [-0.2, 0) is 20.6 Å². The molecule has 0 saturated carbocycles. The van der Waals surface area contributed by atoms with E-state index in [1.165, 1.54) is 9.13 Å². The summed E-state index contributed by atoms with van der Waals surface area (Å²) in [6.07, 6.45) is 0. The van der Waals surface area contributed by atoms with Gasteiger partial charge in [0.1, 0.15) is 0 Å². The van der Waals surface area contributed by atoms with Crippen LogP contribution < -0.4 is 11.2 Å². The molecular weight excluding hydrogens is 308 g/mol. The van der Waals surface area contributed by atoms with Crippen LogP contribution in [0.25, 0.3) is 17.1 Å². The number of hydrogen-bond acceptors (Lipinski definition) is 4. The first-order chi connectivity index (χ1) is 11.2. The first kappa shape index (κ1) is 16.0. The molecule has 0 fully saturated rings. The number of imidazole rings is 1. The third kappa shape index (κ3) is 2.22. The first-order valence-electron chi connectivity index (χ1n) is 7.56. The van der Waals surface area contributed by atoms with E-state index < -0.39 is 5.69 Å². The van der Waals surface area contributed by atoms with Gasteiger partial charge in [0.25, 0.3) is 5.56 Å². The number of hydrogen-bond donors (Lipinski definition) is 0. The highest BCUT2D eigenvalue weighted by molar-refractivity contribution is 5.72. The van der Waals surface area contributed by atoms with E-state index in [1.54, 1.807) is 30.3 Å². The van der Waals surface area contributed by atoms with Crippen LogP contribution in [0.3, 0.4) is 0 Å². The van der Waals surface area contributed by atoms with Gasteiger partial charge in [0.05, 0.1) is 12.2 Å². The Morgan fingerprint density at radius 3 is 2.42 bits per heavy atom. The molecule has 0 N–H and O–H groups in total. The minimum absolute atomic E-state index is 0.182. The second-order valence-electron chi connectivity index (χ2n) is 6.17. The fourth-order valence-corrected chi connectivity index (χ4v) is 2.86. The van der Waals surface area contributed by atoms with Gasteiger partial charge in [-0.3, -0.25) is 13.9 Å². The van der Waals surface area contributed by atoms with Crippen molar-refractivity contribution in [1.82, 2.24) is 28.5 Å². The molecule has 0 atom stereocenters. The molecule has 8 heteroatoms. The second kappa shape index (κ2) is 5.33. The summed E-state index contributed by atoms with van der Waals surface area (Å²) < 4.78 is 5.90. The van der Waals surface area contributed by atoms with Crippen molar-refractivity contribution in [2.24, 2.45) is 14.1 Å². The molecule has 0 unspecified atom stereocenters. The van der Waals surface area contributed by atoms with Crippen molar-refractivity contribution in [3.63, 3.8) is 0 Å². The average molecular weight is 328 g/mol. The lowest BCUT2D eigenvalue weighted by molar-refractivity contribution is 0.649. The van der Waals surface area contributed by atoms with E-state index in [4.69, 9.17) is 0 Å². The van der Waals surface area contributed by atoms with Gasteiger partial charge in [-0.15, -0.1) is 0 Å². The number of nitrogens with zero attached hydrogens (tertiary/aromatic N) is 6. The molecule has 0 amide bonds. The fourth-order valence-electron chi connectivity index (χ4n) is 2.86. The maximum absolute atomic E-state index is 12.8. The van der Waals surface area contributed by atoms with Gasteiger partial charge in [0.15, 0.2) is 11.2 Å². The van der Waals surface area contributed by atoms with Crippen molar-refractivity contribution in [3.8, 4) is 5.95 Å². The number of fused-ring (bicyclic) bond motifs is 1. The Morgan fingerprint density at radius 2 is 1.88 bits per heavy atom. The smallest absolute Gasteiger partial charge is 0.306 e. The Kier molecular flexibility index (Phi) is 3.55. The van der Waals surface area contributed by atoms with Crippen LogP contribution in [0.15, 0.2) is 27.8 Å². The van der Waals surface area contributed by atoms with E-state index in [2.05, 4.69) is 16.7 Å². The van der Waals surface area contributed by atoms with Crippen LogP contribution in [0.5, 0.6) is 0 Å². The zero-order valence-corrected chi connectivity index (χ0v) is 14.5. The van der Waals surface area contributed by atoms with Gasteiger partial charge < -0.3 is 4.57 Å². The Morgan fingerprint density at radius 1 is 1.21 bits per heavy atom. The van der Waals surface area contributed by atoms with E-state index in [9.17, 15) is 9.59 Å². The van der Waals surface area contributed by atoms with Gasteiger partial charge in [0, 0.05) is 19.8 Å². The largest absolute Gasteiger partial charge is 0.332 e. The minimum atomic E-state index is -0.409. The lowest BCUT2D eigenvalue weighted by Gasteiger charge is -2.08. The first-order valence-corrected chi connectivity index (χ1v) is 7.56. The Hall–Kier alpha value is -2.90. The molecule has 0 aliphatic rings. The van der Waals surface area contributed by atoms with E-state index >= 15 is 0 Å². The summed E-state index contributed by atoms with van der Waals surface area (Å²) in [5, 5.41) is 4.41. The van der Waals surface area contributed by atoms with Crippen LogP contribution >= 0.6 is 0 Å². The number of rotatable bonds is 3. The lowest BCUT2D eigenvalue weighted by Crippen LogP contribution is -2.39. The maximum atomic E-state index is 12.8. The van der Waals surface area contributed by atoms with E-state index in [1.807, 2.05) is 19.9 Å². The van der Waals surface area contributed by atoms with Gasteiger partial charge in [-0.2, -0.15) is 10.1 Å². The van der Waals surface area contributed by atoms with Crippen LogP contribution in [0, 0.1) is 13.8 Å². The molecule has 126 valence electrons. The molecule has 3 rings (SSSR count). The summed E-state index contributed by atoms with van der Waals surface area (Å²) >= 11 is 0. The molecule has 3 aromatic heterocycles. The Balaban J connectivity index is 2.41. The van der Waals surface area contributed by atoms with Crippen LogP contribution in [0.1, 0.15) is 18.3 Å². The van der Waals surface area contributed by atoms with Gasteiger partial charge in [0.2, 0.25) is 5.95 Å². The lowest BCUT2D eigenvalue weighted by atomic mass is 10.3. The third-order valence-electron chi connectivity index (χ3n) is 3.96. The zero-order valence-electron chi connectivity index (χ0n) is 14.5. The predicted molar refractivity (Wildman–Crippen MR) is 91.6 cm³/mol. The molecule has 0 aromatic carbocycles. The summed E-state index contributed by atoms with van der Waals surface area (Å²) in [6, 6.07) is 1.93. The molecule has 0 radical (unpaired) electrons. The minimum Gasteiger partial charge on any atom is -0.306 e. The van der Waals surface area contributed by atoms with E-state index in [0.717, 1.165) is 17.0 Å². The highest BCUT2D eigenvalue weighted by Crippen LogP contribution is 2.15. The molecule has 0 saturated heterocycles. The third-order valence-corrected chi connectivity index (χ3v) is 3.96. The summed E-state index contributed by atoms with van der Waals surface area (Å²) in [6.45, 7) is 9.55. The van der Waals surface area contributed by atoms with Gasteiger partial charge >= 0.3 is 5.69 Å². The predicted octanol–water partition coefficient (Wildman–Crippen LogP) is 0.812. The zero-order chi connectivity index (χ0) is 17.8. The number of allylic oxidation sites excluding steroid dienone is 1. The second-order valence-corrected chi connectivity index (χ2v) is 6.17. The Labute approximate surface area is 138 Å². The average Bonchev–Trinajstić information content (AvgIpc) is 3.00. The van der Waals surface area contributed by atoms with Crippen LogP contribution in [-0.4, -0.2) is 28.5 Å². The maximum Gasteiger partial charge on any atom is 0.332 e. The normalized spacial score (nSPS) is 11.4. The summed E-state index contributed by atoms with van der Waals surface area (Å²) in [5.41, 5.74) is 2.40. The number of aryl methyl sites for hydroxylation is 4. The van der Waals surface area contributed by atoms with E-state index in [0.29, 0.717) is 17.1 Å². The monoisotopic (exact) mass is 328 g/mol. The fraction of sp³-hybridized carbons (Fsp3) is 0.375. The molecule has 3 aromatic rings. The molecular formula is C16H20N6O2. The highest BCUT2D eigenvalue weighted by atomic mass is 16.2. The quantitative estimate of drug-likeness (QED) is 0.667. The summed E-state index contributed by atoms with van der Waals surface area (Å²) in [7, 11) is 3.36. The van der Waals surface area contributed by atoms with Crippen molar-refractivity contribution >= 4 is 11.2 Å². The SMILES string of the molecule is C=C(C)Cn1c(=O)c2c(nc(-n3nc(C)cc3C)n2C)n(C)c1=O. The standard InChI is InChI=1S/C16H20N6O2/c1-9(2)8-21-14(23)12-13(20(6)16(21)24)17-15(19(12)5)22-11(4)7-10(3)18-22/h7H,1,8H2,2-6H3. The van der Waals surface area contributed by atoms with E-state index in [-0.39, 0.29) is 12.1 Å². The summed E-state index contributed by atoms with van der Waals surface area (Å²) in [5.74, 6) is 0.496. The molecule has 24 heavy (non-hydrogen) atoms. The van der Waals surface area contributed by atoms with Gasteiger partial charge in [-0.25, -0.2) is 9.48 Å². The molecule has 0 aliphatic carbocycles. The van der Waals surface area contributed by atoms with Crippen molar-refractivity contribution < 1.29 is 0 Å².